The second-order valence-electron chi connectivity index (χ2n) is 6.32. The van der Waals surface area contributed by atoms with Crippen LogP contribution >= 0.6 is 11.3 Å². The van der Waals surface area contributed by atoms with E-state index in [2.05, 4.69) is 20.1 Å². The van der Waals surface area contributed by atoms with Crippen molar-refractivity contribution in [3.63, 3.8) is 0 Å². The molecule has 0 spiro atoms. The zero-order valence-electron chi connectivity index (χ0n) is 14.4. The van der Waals surface area contributed by atoms with Crippen LogP contribution in [0.3, 0.4) is 0 Å². The Labute approximate surface area is 160 Å². The molecule has 2 N–H and O–H groups in total. The van der Waals surface area contributed by atoms with E-state index in [1.54, 1.807) is 28.4 Å². The predicted molar refractivity (Wildman–Crippen MR) is 102 cm³/mol. The topological polar surface area (TPSA) is 106 Å². The van der Waals surface area contributed by atoms with Crippen LogP contribution in [0, 0.1) is 0 Å². The van der Waals surface area contributed by atoms with Crippen LogP contribution in [0.4, 0.5) is 5.69 Å². The van der Waals surface area contributed by atoms with Crippen LogP contribution in [0.15, 0.2) is 46.9 Å². The molecule has 10 heteroatoms. The fraction of sp³-hybridized carbons (Fsp3) is 0.235. The summed E-state index contributed by atoms with van der Waals surface area (Å²) in [5.41, 5.74) is 1.50. The monoisotopic (exact) mass is 403 g/mol. The highest BCUT2D eigenvalue weighted by atomic mass is 32.2. The molecule has 4 rings (SSSR count). The van der Waals surface area contributed by atoms with Gasteiger partial charge in [-0.2, -0.15) is 5.10 Å². The molecule has 1 fully saturated rings. The molecule has 1 aliphatic carbocycles. The minimum Gasteiger partial charge on any atom is -0.321 e. The highest BCUT2D eigenvalue weighted by Gasteiger charge is 2.28. The molecule has 0 atom stereocenters. The number of aryl methyl sites for hydroxylation is 1. The number of anilines is 1. The van der Waals surface area contributed by atoms with Crippen molar-refractivity contribution in [2.45, 2.75) is 23.8 Å². The number of carbonyl (C=O) groups is 1. The number of carbonyl (C=O) groups excluding carboxylic acids is 1. The Morgan fingerprint density at radius 1 is 1.33 bits per heavy atom. The van der Waals surface area contributed by atoms with Crippen molar-refractivity contribution >= 4 is 33.0 Å². The number of nitrogens with zero attached hydrogens (tertiary/aromatic N) is 3. The first-order valence-corrected chi connectivity index (χ1v) is 10.7. The minimum absolute atomic E-state index is 0.0224. The van der Waals surface area contributed by atoms with Crippen molar-refractivity contribution in [2.24, 2.45) is 7.05 Å². The number of aromatic nitrogens is 3. The summed E-state index contributed by atoms with van der Waals surface area (Å²) in [6, 6.07) is 6.21. The Morgan fingerprint density at radius 2 is 2.15 bits per heavy atom. The summed E-state index contributed by atoms with van der Waals surface area (Å²) < 4.78 is 28.9. The maximum absolute atomic E-state index is 12.5. The molecule has 0 saturated heterocycles. The molecule has 27 heavy (non-hydrogen) atoms. The largest absolute Gasteiger partial charge is 0.321 e. The Balaban J connectivity index is 1.50. The first-order valence-electron chi connectivity index (χ1n) is 8.29. The summed E-state index contributed by atoms with van der Waals surface area (Å²) in [5, 5.41) is 9.15. The van der Waals surface area contributed by atoms with Gasteiger partial charge < -0.3 is 5.32 Å². The van der Waals surface area contributed by atoms with Gasteiger partial charge in [-0.25, -0.2) is 18.1 Å². The second kappa shape index (κ2) is 6.87. The van der Waals surface area contributed by atoms with Gasteiger partial charge in [-0.05, 0) is 31.0 Å². The summed E-state index contributed by atoms with van der Waals surface area (Å²) in [4.78, 5) is 16.9. The third-order valence-electron chi connectivity index (χ3n) is 3.99. The van der Waals surface area contributed by atoms with Crippen molar-refractivity contribution in [1.29, 1.82) is 0 Å². The van der Waals surface area contributed by atoms with Crippen molar-refractivity contribution in [3.05, 3.63) is 47.7 Å². The van der Waals surface area contributed by atoms with Gasteiger partial charge in [-0.15, -0.1) is 11.3 Å². The smallest absolute Gasteiger partial charge is 0.275 e. The number of nitrogens with one attached hydrogen (secondary N) is 2. The van der Waals surface area contributed by atoms with Gasteiger partial charge in [0, 0.05) is 35.9 Å². The van der Waals surface area contributed by atoms with Crippen molar-refractivity contribution < 1.29 is 13.2 Å². The minimum atomic E-state index is -3.57. The van der Waals surface area contributed by atoms with E-state index in [-0.39, 0.29) is 16.6 Å². The molecule has 1 amide bonds. The van der Waals surface area contributed by atoms with Crippen LogP contribution in [0.2, 0.25) is 0 Å². The van der Waals surface area contributed by atoms with E-state index >= 15 is 0 Å². The lowest BCUT2D eigenvalue weighted by Crippen LogP contribution is -2.25. The summed E-state index contributed by atoms with van der Waals surface area (Å²) in [5.74, 6) is -0.397. The molecule has 0 bridgehead atoms. The Kier molecular flexibility index (Phi) is 4.54. The van der Waals surface area contributed by atoms with Crippen molar-refractivity contribution in [1.82, 2.24) is 19.5 Å². The highest BCUT2D eigenvalue weighted by Crippen LogP contribution is 2.25. The van der Waals surface area contributed by atoms with E-state index in [4.69, 9.17) is 0 Å². The van der Waals surface area contributed by atoms with Gasteiger partial charge in [0.15, 0.2) is 0 Å². The van der Waals surface area contributed by atoms with E-state index in [1.165, 1.54) is 23.5 Å². The van der Waals surface area contributed by atoms with Gasteiger partial charge in [-0.3, -0.25) is 9.48 Å². The summed E-state index contributed by atoms with van der Waals surface area (Å²) in [6.07, 6.45) is 5.22. The van der Waals surface area contributed by atoms with E-state index in [0.717, 1.165) is 18.4 Å². The van der Waals surface area contributed by atoms with Crippen LogP contribution < -0.4 is 10.0 Å². The van der Waals surface area contributed by atoms with Gasteiger partial charge in [0.25, 0.3) is 5.91 Å². The molecule has 1 saturated carbocycles. The number of thiazole rings is 1. The van der Waals surface area contributed by atoms with Crippen LogP contribution in [-0.4, -0.2) is 35.1 Å². The molecule has 0 radical (unpaired) electrons. The lowest BCUT2D eigenvalue weighted by Gasteiger charge is -2.08. The molecule has 3 aromatic rings. The maximum atomic E-state index is 12.5. The highest BCUT2D eigenvalue weighted by molar-refractivity contribution is 7.89. The van der Waals surface area contributed by atoms with Gasteiger partial charge in [-0.1, -0.05) is 6.07 Å². The molecular weight excluding hydrogens is 386 g/mol. The molecule has 2 heterocycles. The van der Waals surface area contributed by atoms with E-state index in [9.17, 15) is 13.2 Å². The molecule has 1 aliphatic rings. The van der Waals surface area contributed by atoms with Crippen molar-refractivity contribution in [2.75, 3.05) is 5.32 Å². The zero-order valence-corrected chi connectivity index (χ0v) is 16.0. The van der Waals surface area contributed by atoms with E-state index in [0.29, 0.717) is 10.7 Å². The summed E-state index contributed by atoms with van der Waals surface area (Å²) in [6.45, 7) is 0. The fourth-order valence-corrected chi connectivity index (χ4v) is 4.59. The number of hydrogen-bond acceptors (Lipinski definition) is 6. The average Bonchev–Trinajstić information content (AvgIpc) is 3.11. The summed E-state index contributed by atoms with van der Waals surface area (Å²) in [7, 11) is -1.76. The van der Waals surface area contributed by atoms with Crippen LogP contribution in [0.5, 0.6) is 0 Å². The van der Waals surface area contributed by atoms with Crippen molar-refractivity contribution in [3.8, 4) is 10.6 Å². The van der Waals surface area contributed by atoms with Crippen LogP contribution in [0.25, 0.3) is 10.6 Å². The normalized spacial score (nSPS) is 14.3. The number of rotatable bonds is 6. The molecule has 140 valence electrons. The Hall–Kier alpha value is -2.56. The molecule has 8 nitrogen and oxygen atoms in total. The average molecular weight is 403 g/mol. The van der Waals surface area contributed by atoms with Gasteiger partial charge in [0.2, 0.25) is 10.0 Å². The number of sulfonamides is 1. The Morgan fingerprint density at radius 3 is 2.85 bits per heavy atom. The molecule has 0 aliphatic heterocycles. The lowest BCUT2D eigenvalue weighted by molar-refractivity contribution is 0.102. The second-order valence-corrected chi connectivity index (χ2v) is 8.89. The van der Waals surface area contributed by atoms with Gasteiger partial charge in [0.1, 0.15) is 10.7 Å². The molecular formula is C17H17N5O3S2. The lowest BCUT2D eigenvalue weighted by atomic mass is 10.3. The third kappa shape index (κ3) is 4.07. The molecule has 1 aromatic carbocycles. The first-order chi connectivity index (χ1) is 12.9. The quantitative estimate of drug-likeness (QED) is 0.657. The number of hydrogen-bond donors (Lipinski definition) is 2. The van der Waals surface area contributed by atoms with Gasteiger partial charge >= 0.3 is 0 Å². The molecule has 2 aromatic heterocycles. The molecule has 0 unspecified atom stereocenters. The number of benzene rings is 1. The number of amides is 1. The fourth-order valence-electron chi connectivity index (χ4n) is 2.47. The van der Waals surface area contributed by atoms with Crippen LogP contribution in [-0.2, 0) is 17.1 Å². The van der Waals surface area contributed by atoms with Gasteiger partial charge in [0.05, 0.1) is 11.1 Å². The first kappa shape index (κ1) is 17.8. The standard InChI is InChI=1S/C17H17N5O3S2/c1-22-9-11(8-18-22)17-20-15(10-26-17)16(23)19-13-3-2-4-14(7-13)27(24,25)21-12-5-6-12/h2-4,7-10,12,21H,5-6H2,1H3,(H,19,23). The Bertz CT molecular complexity index is 1100. The summed E-state index contributed by atoms with van der Waals surface area (Å²) >= 11 is 1.34. The SMILES string of the molecule is Cn1cc(-c2nc(C(=O)Nc3cccc(S(=O)(=O)NC4CC4)c3)cs2)cn1. The van der Waals surface area contributed by atoms with E-state index < -0.39 is 15.9 Å². The predicted octanol–water partition coefficient (Wildman–Crippen LogP) is 2.24. The van der Waals surface area contributed by atoms with E-state index in [1.807, 2.05) is 13.2 Å². The van der Waals surface area contributed by atoms with Crippen LogP contribution in [0.1, 0.15) is 23.3 Å². The third-order valence-corrected chi connectivity index (χ3v) is 6.40. The maximum Gasteiger partial charge on any atom is 0.275 e. The zero-order chi connectivity index (χ0) is 19.0.